The van der Waals surface area contributed by atoms with Gasteiger partial charge in [-0.1, -0.05) is 24.3 Å². The molecule has 3 rings (SSSR count). The van der Waals surface area contributed by atoms with Gasteiger partial charge >= 0.3 is 0 Å². The fourth-order valence-corrected chi connectivity index (χ4v) is 4.66. The highest BCUT2D eigenvalue weighted by Gasteiger charge is 2.50. The van der Waals surface area contributed by atoms with E-state index < -0.39 is 0 Å². The van der Waals surface area contributed by atoms with Crippen molar-refractivity contribution in [2.24, 2.45) is 17.6 Å². The normalized spacial score (nSPS) is 32.5. The van der Waals surface area contributed by atoms with Gasteiger partial charge in [-0.05, 0) is 62.0 Å². The van der Waals surface area contributed by atoms with Crippen LogP contribution in [0.15, 0.2) is 24.3 Å². The van der Waals surface area contributed by atoms with E-state index in [0.717, 1.165) is 19.3 Å². The topological polar surface area (TPSA) is 58.3 Å². The lowest BCUT2D eigenvalue weighted by molar-refractivity contribution is 0.161. The van der Waals surface area contributed by atoms with E-state index in [1.807, 2.05) is 0 Å². The van der Waals surface area contributed by atoms with Crippen LogP contribution in [0.3, 0.4) is 0 Å². The van der Waals surface area contributed by atoms with E-state index in [1.165, 1.54) is 24.0 Å². The Bertz CT molecular complexity index is 455. The first-order valence-electron chi connectivity index (χ1n) is 8.35. The summed E-state index contributed by atoms with van der Waals surface area (Å²) in [5.74, 6) is 1.24. The van der Waals surface area contributed by atoms with E-state index in [0.29, 0.717) is 24.4 Å². The average molecular weight is 288 g/mol. The molecule has 116 valence electrons. The molecule has 0 heterocycles. The smallest absolute Gasteiger partial charge is 0.0445 e. The van der Waals surface area contributed by atoms with Crippen LogP contribution in [0.25, 0.3) is 0 Å². The summed E-state index contributed by atoms with van der Waals surface area (Å²) in [6, 6.07) is 9.21. The van der Waals surface area contributed by atoms with E-state index in [9.17, 15) is 5.11 Å². The molecule has 0 aromatic heterocycles. The number of aliphatic hydroxyl groups excluding tert-OH is 1. The molecule has 4 N–H and O–H groups in total. The second-order valence-electron chi connectivity index (χ2n) is 6.95. The molecule has 0 radical (unpaired) electrons. The van der Waals surface area contributed by atoms with Crippen LogP contribution in [-0.2, 0) is 12.8 Å². The third-order valence-corrected chi connectivity index (χ3v) is 5.79. The summed E-state index contributed by atoms with van der Waals surface area (Å²) >= 11 is 0. The number of fused-ring (bicyclic) bond motifs is 3. The largest absolute Gasteiger partial charge is 0.396 e. The standard InChI is InChI=1S/C18H28N2O/c1-13(8-9-21)20-18(12-19)16-6-7-17(18)11-15-5-3-2-4-14(15)10-16/h2-5,13,16-17,20-21H,6-12,19H2,1H3. The van der Waals surface area contributed by atoms with Gasteiger partial charge in [-0.3, -0.25) is 0 Å². The molecule has 0 aliphatic heterocycles. The number of nitrogens with two attached hydrogens (primary N) is 1. The van der Waals surface area contributed by atoms with Crippen LogP contribution in [0.1, 0.15) is 37.3 Å². The molecule has 3 atom stereocenters. The van der Waals surface area contributed by atoms with Crippen molar-refractivity contribution in [3.05, 3.63) is 35.4 Å². The van der Waals surface area contributed by atoms with Crippen molar-refractivity contribution < 1.29 is 5.11 Å². The van der Waals surface area contributed by atoms with Gasteiger partial charge in [0.05, 0.1) is 0 Å². The molecular weight excluding hydrogens is 260 g/mol. The fourth-order valence-electron chi connectivity index (χ4n) is 4.66. The third-order valence-electron chi connectivity index (χ3n) is 5.79. The highest BCUT2D eigenvalue weighted by atomic mass is 16.3. The number of nitrogens with one attached hydrogen (secondary N) is 1. The minimum atomic E-state index is 0.0492. The zero-order chi connectivity index (χ0) is 14.9. The lowest BCUT2D eigenvalue weighted by Crippen LogP contribution is -2.61. The Labute approximate surface area is 127 Å². The molecule has 0 spiro atoms. The lowest BCUT2D eigenvalue weighted by atomic mass is 9.78. The van der Waals surface area contributed by atoms with Gasteiger partial charge < -0.3 is 16.2 Å². The molecule has 0 saturated heterocycles. The second kappa shape index (κ2) is 6.07. The predicted octanol–water partition coefficient (Wildman–Crippen LogP) is 1.87. The number of aliphatic hydroxyl groups is 1. The maximum absolute atomic E-state index is 9.20. The van der Waals surface area contributed by atoms with Crippen LogP contribution in [0.5, 0.6) is 0 Å². The minimum absolute atomic E-state index is 0.0492. The quantitative estimate of drug-likeness (QED) is 0.775. The number of hydrogen-bond donors (Lipinski definition) is 3. The van der Waals surface area contributed by atoms with E-state index >= 15 is 0 Å². The van der Waals surface area contributed by atoms with Gasteiger partial charge in [-0.25, -0.2) is 0 Å². The monoisotopic (exact) mass is 288 g/mol. The van der Waals surface area contributed by atoms with E-state index in [-0.39, 0.29) is 12.1 Å². The highest BCUT2D eigenvalue weighted by molar-refractivity contribution is 5.32. The van der Waals surface area contributed by atoms with Crippen LogP contribution in [0.4, 0.5) is 0 Å². The summed E-state index contributed by atoms with van der Waals surface area (Å²) in [7, 11) is 0. The number of rotatable bonds is 5. The predicted molar refractivity (Wildman–Crippen MR) is 86.1 cm³/mol. The van der Waals surface area contributed by atoms with Crippen LogP contribution in [0.2, 0.25) is 0 Å². The van der Waals surface area contributed by atoms with Crippen LogP contribution in [0, 0.1) is 11.8 Å². The SMILES string of the molecule is CC(CCO)NC1(CN)C2CCC1Cc1ccccc1C2. The van der Waals surface area contributed by atoms with Gasteiger partial charge in [-0.15, -0.1) is 0 Å². The summed E-state index contributed by atoms with van der Waals surface area (Å²) in [6.45, 7) is 3.11. The summed E-state index contributed by atoms with van der Waals surface area (Å²) in [5.41, 5.74) is 9.36. The molecule has 1 fully saturated rings. The highest BCUT2D eigenvalue weighted by Crippen LogP contribution is 2.47. The van der Waals surface area contributed by atoms with Crippen molar-refractivity contribution in [3.63, 3.8) is 0 Å². The molecule has 1 aromatic rings. The Morgan fingerprint density at radius 3 is 2.29 bits per heavy atom. The maximum atomic E-state index is 9.20. The molecule has 21 heavy (non-hydrogen) atoms. The van der Waals surface area contributed by atoms with Crippen molar-refractivity contribution in [2.75, 3.05) is 13.2 Å². The van der Waals surface area contributed by atoms with Crippen LogP contribution < -0.4 is 11.1 Å². The van der Waals surface area contributed by atoms with Gasteiger partial charge in [0.2, 0.25) is 0 Å². The van der Waals surface area contributed by atoms with E-state index in [2.05, 4.69) is 36.5 Å². The van der Waals surface area contributed by atoms with Gasteiger partial charge in [-0.2, -0.15) is 0 Å². The molecule has 2 aliphatic rings. The van der Waals surface area contributed by atoms with Gasteiger partial charge in [0.15, 0.2) is 0 Å². The molecule has 2 bridgehead atoms. The number of benzene rings is 1. The lowest BCUT2D eigenvalue weighted by Gasteiger charge is -2.41. The maximum Gasteiger partial charge on any atom is 0.0445 e. The first-order chi connectivity index (χ1) is 10.2. The molecule has 3 unspecified atom stereocenters. The van der Waals surface area contributed by atoms with E-state index in [4.69, 9.17) is 5.73 Å². The Morgan fingerprint density at radius 1 is 1.24 bits per heavy atom. The van der Waals surface area contributed by atoms with E-state index in [1.54, 1.807) is 0 Å². The molecule has 1 saturated carbocycles. The molecule has 0 amide bonds. The zero-order valence-electron chi connectivity index (χ0n) is 13.0. The Balaban J connectivity index is 1.89. The summed E-state index contributed by atoms with van der Waals surface area (Å²) in [5, 5.41) is 13.0. The fraction of sp³-hybridized carbons (Fsp3) is 0.667. The van der Waals surface area contributed by atoms with Gasteiger partial charge in [0, 0.05) is 24.7 Å². The molecular formula is C18H28N2O. The molecule has 3 heteroatoms. The number of hydrogen-bond acceptors (Lipinski definition) is 3. The molecule has 2 aliphatic carbocycles. The molecule has 3 nitrogen and oxygen atoms in total. The zero-order valence-corrected chi connectivity index (χ0v) is 13.0. The van der Waals surface area contributed by atoms with Crippen molar-refractivity contribution >= 4 is 0 Å². The summed E-state index contributed by atoms with van der Waals surface area (Å²) < 4.78 is 0. The van der Waals surface area contributed by atoms with Crippen molar-refractivity contribution in [1.29, 1.82) is 0 Å². The first kappa shape index (κ1) is 15.0. The van der Waals surface area contributed by atoms with Gasteiger partial charge in [0.1, 0.15) is 0 Å². The van der Waals surface area contributed by atoms with Crippen molar-refractivity contribution in [2.45, 2.75) is 50.6 Å². The molecule has 1 aromatic carbocycles. The van der Waals surface area contributed by atoms with Crippen molar-refractivity contribution in [3.8, 4) is 0 Å². The third kappa shape index (κ3) is 2.63. The van der Waals surface area contributed by atoms with Crippen LogP contribution >= 0.6 is 0 Å². The van der Waals surface area contributed by atoms with Crippen LogP contribution in [-0.4, -0.2) is 29.8 Å². The first-order valence-corrected chi connectivity index (χ1v) is 8.35. The second-order valence-corrected chi connectivity index (χ2v) is 6.95. The van der Waals surface area contributed by atoms with Crippen molar-refractivity contribution in [1.82, 2.24) is 5.32 Å². The Hall–Kier alpha value is -0.900. The Morgan fingerprint density at radius 2 is 1.81 bits per heavy atom. The minimum Gasteiger partial charge on any atom is -0.396 e. The van der Waals surface area contributed by atoms with Gasteiger partial charge in [0.25, 0.3) is 0 Å². The average Bonchev–Trinajstić information content (AvgIpc) is 2.71. The Kier molecular flexibility index (Phi) is 4.34. The summed E-state index contributed by atoms with van der Waals surface area (Å²) in [6.07, 6.45) is 5.63. The summed E-state index contributed by atoms with van der Waals surface area (Å²) in [4.78, 5) is 0.